The molecule has 2 aromatic heterocycles. The molecule has 23 heavy (non-hydrogen) atoms. The highest BCUT2D eigenvalue weighted by Crippen LogP contribution is 2.39. The number of ether oxygens (including phenoxy) is 1. The van der Waals surface area contributed by atoms with Gasteiger partial charge in [-0.25, -0.2) is 4.98 Å². The fraction of sp³-hybridized carbons (Fsp3) is 0.688. The van der Waals surface area contributed by atoms with Gasteiger partial charge in [0.1, 0.15) is 0 Å². The summed E-state index contributed by atoms with van der Waals surface area (Å²) in [6.45, 7) is 5.86. The van der Waals surface area contributed by atoms with E-state index in [-0.39, 0.29) is 11.1 Å². The van der Waals surface area contributed by atoms with Crippen molar-refractivity contribution in [2.75, 3.05) is 25.2 Å². The standard InChI is InChI=1S/C16H24N4O2S/c1-4-7-16(11-22-3)8-6-9-19(16)15-18-20-13(21)10-12(5-2)17-14(20)23-15/h10H,4-9,11H2,1-3H3. The SMILES string of the molecule is CCCC1(COC)CCCN1c1nn2c(=O)cc(CC)nc2s1. The van der Waals surface area contributed by atoms with Gasteiger partial charge in [0.25, 0.3) is 5.56 Å². The highest BCUT2D eigenvalue weighted by atomic mass is 32.1. The summed E-state index contributed by atoms with van der Waals surface area (Å²) in [7, 11) is 1.76. The molecule has 0 radical (unpaired) electrons. The van der Waals surface area contributed by atoms with Gasteiger partial charge in [-0.15, -0.1) is 5.10 Å². The van der Waals surface area contributed by atoms with Crippen LogP contribution in [0.2, 0.25) is 0 Å². The lowest BCUT2D eigenvalue weighted by molar-refractivity contribution is 0.127. The average Bonchev–Trinajstić information content (AvgIpc) is 3.12. The van der Waals surface area contributed by atoms with Crippen molar-refractivity contribution < 1.29 is 4.74 Å². The largest absolute Gasteiger partial charge is 0.382 e. The zero-order valence-corrected chi connectivity index (χ0v) is 14.9. The van der Waals surface area contributed by atoms with Crippen LogP contribution in [0, 0.1) is 0 Å². The molecule has 126 valence electrons. The molecule has 0 saturated carbocycles. The maximum Gasteiger partial charge on any atom is 0.275 e. The summed E-state index contributed by atoms with van der Waals surface area (Å²) < 4.78 is 6.95. The van der Waals surface area contributed by atoms with Crippen LogP contribution in [0.1, 0.15) is 45.2 Å². The topological polar surface area (TPSA) is 59.7 Å². The predicted octanol–water partition coefficient (Wildman–Crippen LogP) is 2.50. The number of methoxy groups -OCH3 is 1. The van der Waals surface area contributed by atoms with Gasteiger partial charge in [0.2, 0.25) is 10.1 Å². The molecule has 1 fully saturated rings. The van der Waals surface area contributed by atoms with Crippen LogP contribution in [0.25, 0.3) is 4.96 Å². The first-order chi connectivity index (χ1) is 11.1. The van der Waals surface area contributed by atoms with E-state index in [4.69, 9.17) is 4.74 Å². The Hall–Kier alpha value is -1.47. The Balaban J connectivity index is 2.04. The summed E-state index contributed by atoms with van der Waals surface area (Å²) >= 11 is 1.50. The third-order valence-electron chi connectivity index (χ3n) is 4.61. The van der Waals surface area contributed by atoms with Crippen LogP contribution in [0.3, 0.4) is 0 Å². The number of aryl methyl sites for hydroxylation is 1. The summed E-state index contributed by atoms with van der Waals surface area (Å²) in [5.74, 6) is 0. The fourth-order valence-corrected chi connectivity index (χ4v) is 4.65. The molecule has 2 aromatic rings. The van der Waals surface area contributed by atoms with Crippen LogP contribution in [0.4, 0.5) is 5.13 Å². The Morgan fingerprint density at radius 2 is 2.26 bits per heavy atom. The molecule has 1 unspecified atom stereocenters. The van der Waals surface area contributed by atoms with Crippen molar-refractivity contribution in [3.05, 3.63) is 22.1 Å². The van der Waals surface area contributed by atoms with Crippen molar-refractivity contribution in [1.82, 2.24) is 14.6 Å². The lowest BCUT2D eigenvalue weighted by Crippen LogP contribution is -2.47. The summed E-state index contributed by atoms with van der Waals surface area (Å²) in [5, 5.41) is 5.44. The molecule has 7 heteroatoms. The van der Waals surface area contributed by atoms with Crippen LogP contribution >= 0.6 is 11.3 Å². The second kappa shape index (κ2) is 6.57. The van der Waals surface area contributed by atoms with Gasteiger partial charge in [0.05, 0.1) is 12.1 Å². The monoisotopic (exact) mass is 336 g/mol. The number of fused-ring (bicyclic) bond motifs is 1. The van der Waals surface area contributed by atoms with E-state index in [0.29, 0.717) is 11.6 Å². The molecule has 0 amide bonds. The van der Waals surface area contributed by atoms with Gasteiger partial charge < -0.3 is 9.64 Å². The van der Waals surface area contributed by atoms with Crippen LogP contribution in [-0.2, 0) is 11.2 Å². The first-order valence-corrected chi connectivity index (χ1v) is 9.11. The Morgan fingerprint density at radius 3 is 2.96 bits per heavy atom. The van der Waals surface area contributed by atoms with Crippen LogP contribution in [-0.4, -0.2) is 40.4 Å². The molecule has 0 aliphatic carbocycles. The molecule has 3 heterocycles. The molecule has 1 atom stereocenters. The number of nitrogens with zero attached hydrogens (tertiary/aromatic N) is 4. The van der Waals surface area contributed by atoms with Crippen molar-refractivity contribution >= 4 is 21.4 Å². The van der Waals surface area contributed by atoms with E-state index < -0.39 is 0 Å². The fourth-order valence-electron chi connectivity index (χ4n) is 3.59. The zero-order valence-electron chi connectivity index (χ0n) is 14.0. The lowest BCUT2D eigenvalue weighted by atomic mass is 9.92. The molecule has 1 aliphatic heterocycles. The Morgan fingerprint density at radius 1 is 1.43 bits per heavy atom. The van der Waals surface area contributed by atoms with Crippen molar-refractivity contribution in [2.24, 2.45) is 0 Å². The number of hydrogen-bond donors (Lipinski definition) is 0. The number of aromatic nitrogens is 3. The average molecular weight is 336 g/mol. The van der Waals surface area contributed by atoms with Gasteiger partial charge in [-0.05, 0) is 25.7 Å². The lowest BCUT2D eigenvalue weighted by Gasteiger charge is -2.37. The zero-order chi connectivity index (χ0) is 16.4. The van der Waals surface area contributed by atoms with Crippen molar-refractivity contribution in [1.29, 1.82) is 0 Å². The van der Waals surface area contributed by atoms with E-state index >= 15 is 0 Å². The summed E-state index contributed by atoms with van der Waals surface area (Å²) in [5.41, 5.74) is 0.721. The molecule has 6 nitrogen and oxygen atoms in total. The first-order valence-electron chi connectivity index (χ1n) is 8.30. The third-order valence-corrected chi connectivity index (χ3v) is 5.54. The van der Waals surface area contributed by atoms with Crippen LogP contribution in [0.5, 0.6) is 0 Å². The molecule has 0 bridgehead atoms. The van der Waals surface area contributed by atoms with E-state index in [1.807, 2.05) is 6.92 Å². The summed E-state index contributed by atoms with van der Waals surface area (Å²) in [6, 6.07) is 1.58. The summed E-state index contributed by atoms with van der Waals surface area (Å²) in [6.07, 6.45) is 5.16. The normalized spacial score (nSPS) is 21.4. The van der Waals surface area contributed by atoms with Crippen molar-refractivity contribution in [3.63, 3.8) is 0 Å². The van der Waals surface area contributed by atoms with Crippen LogP contribution < -0.4 is 10.5 Å². The molecule has 0 spiro atoms. The highest BCUT2D eigenvalue weighted by Gasteiger charge is 2.42. The van der Waals surface area contributed by atoms with Crippen molar-refractivity contribution in [3.8, 4) is 0 Å². The van der Waals surface area contributed by atoms with Gasteiger partial charge in [-0.1, -0.05) is 31.6 Å². The molecule has 1 aliphatic rings. The summed E-state index contributed by atoms with van der Waals surface area (Å²) in [4.78, 5) is 19.8. The van der Waals surface area contributed by atoms with Gasteiger partial charge in [0.15, 0.2) is 0 Å². The van der Waals surface area contributed by atoms with Gasteiger partial charge >= 0.3 is 0 Å². The molecular weight excluding hydrogens is 312 g/mol. The van der Waals surface area contributed by atoms with E-state index in [2.05, 4.69) is 21.9 Å². The Kier molecular flexibility index (Phi) is 4.68. The molecule has 3 rings (SSSR count). The maximum atomic E-state index is 12.2. The van der Waals surface area contributed by atoms with Gasteiger partial charge in [-0.3, -0.25) is 4.79 Å². The van der Waals surface area contributed by atoms with E-state index in [0.717, 1.165) is 49.5 Å². The minimum Gasteiger partial charge on any atom is -0.382 e. The quantitative estimate of drug-likeness (QED) is 0.811. The highest BCUT2D eigenvalue weighted by molar-refractivity contribution is 7.20. The predicted molar refractivity (Wildman–Crippen MR) is 92.6 cm³/mol. The Labute approximate surface area is 140 Å². The molecular formula is C16H24N4O2S. The van der Waals surface area contributed by atoms with E-state index in [1.54, 1.807) is 13.2 Å². The minimum atomic E-state index is -0.0959. The molecule has 1 saturated heterocycles. The first kappa shape index (κ1) is 16.4. The van der Waals surface area contributed by atoms with Crippen molar-refractivity contribution in [2.45, 2.75) is 51.5 Å². The number of hydrogen-bond acceptors (Lipinski definition) is 6. The van der Waals surface area contributed by atoms with Gasteiger partial charge in [-0.2, -0.15) is 4.52 Å². The van der Waals surface area contributed by atoms with E-state index in [9.17, 15) is 4.79 Å². The smallest absolute Gasteiger partial charge is 0.275 e. The number of rotatable bonds is 6. The molecule has 0 N–H and O–H groups in total. The minimum absolute atomic E-state index is 0.00539. The second-order valence-corrected chi connectivity index (χ2v) is 7.12. The Bertz CT molecular complexity index is 733. The maximum absolute atomic E-state index is 12.2. The van der Waals surface area contributed by atoms with E-state index in [1.165, 1.54) is 15.9 Å². The van der Waals surface area contributed by atoms with Gasteiger partial charge in [0, 0.05) is 25.4 Å². The number of anilines is 1. The third kappa shape index (κ3) is 2.87. The van der Waals surface area contributed by atoms with Crippen LogP contribution in [0.15, 0.2) is 10.9 Å². The molecule has 0 aromatic carbocycles. The second-order valence-electron chi connectivity index (χ2n) is 6.18.